The molecule has 5 heterocycles. The molecule has 4 aromatic carbocycles. The van der Waals surface area contributed by atoms with E-state index in [1.165, 1.54) is 66.6 Å². The van der Waals surface area contributed by atoms with Gasteiger partial charge in [-0.1, -0.05) is 164 Å². The van der Waals surface area contributed by atoms with Gasteiger partial charge in [-0.05, 0) is 85.7 Å². The third kappa shape index (κ3) is 5.83. The molecule has 0 bridgehead atoms. The summed E-state index contributed by atoms with van der Waals surface area (Å²) in [6, 6.07) is 29.7. The van der Waals surface area contributed by atoms with Crippen LogP contribution < -0.4 is 26.6 Å². The summed E-state index contributed by atoms with van der Waals surface area (Å²) in [5.41, 5.74) is 14.9. The van der Waals surface area contributed by atoms with E-state index in [1.807, 2.05) is 12.3 Å². The SMILES string of the molecule is C1=CNC(C2C=CC3=CC=C(C4=CC=C5C=CC(c6ccc(C7C=Cc8ccc9c(c8N7)NC(c7ccccc7)C=C9)c7ccccc67)=CC5N4)CC3N2)C=C1. The first-order valence-corrected chi connectivity index (χ1v) is 19.9. The van der Waals surface area contributed by atoms with Gasteiger partial charge in [0.1, 0.15) is 0 Å². The number of fused-ring (bicyclic) bond motifs is 6. The van der Waals surface area contributed by atoms with Crippen LogP contribution in [0.15, 0.2) is 193 Å². The first-order valence-electron chi connectivity index (χ1n) is 19.9. The molecular weight excluding hydrogens is 683 g/mol. The quantitative estimate of drug-likeness (QED) is 0.142. The van der Waals surface area contributed by atoms with Crippen molar-refractivity contribution in [2.75, 3.05) is 10.6 Å². The molecule has 0 fully saturated rings. The Morgan fingerprint density at radius 1 is 0.536 bits per heavy atom. The number of anilines is 2. The molecule has 0 saturated carbocycles. The second-order valence-corrected chi connectivity index (χ2v) is 15.5. The van der Waals surface area contributed by atoms with Gasteiger partial charge in [-0.2, -0.15) is 0 Å². The van der Waals surface area contributed by atoms with Crippen LogP contribution in [-0.2, 0) is 0 Å². The molecule has 56 heavy (non-hydrogen) atoms. The molecule has 6 atom stereocenters. The van der Waals surface area contributed by atoms with E-state index in [9.17, 15) is 0 Å². The Morgan fingerprint density at radius 3 is 2.16 bits per heavy atom. The molecule has 5 heteroatoms. The summed E-state index contributed by atoms with van der Waals surface area (Å²) in [5, 5.41) is 21.6. The minimum absolute atomic E-state index is 0.0314. The highest BCUT2D eigenvalue weighted by molar-refractivity contribution is 6.00. The lowest BCUT2D eigenvalue weighted by Crippen LogP contribution is -2.51. The fourth-order valence-electron chi connectivity index (χ4n) is 9.25. The monoisotopic (exact) mass is 725 g/mol. The molecule has 272 valence electrons. The molecule has 0 saturated heterocycles. The maximum Gasteiger partial charge on any atom is 0.0708 e. The third-order valence-corrected chi connectivity index (χ3v) is 12.2. The first-order chi connectivity index (χ1) is 27.7. The second kappa shape index (κ2) is 13.6. The van der Waals surface area contributed by atoms with Crippen LogP contribution in [-0.4, -0.2) is 24.2 Å². The molecule has 2 aliphatic carbocycles. The van der Waals surface area contributed by atoms with E-state index < -0.39 is 0 Å². The maximum atomic E-state index is 3.95. The van der Waals surface area contributed by atoms with Crippen molar-refractivity contribution in [1.82, 2.24) is 16.0 Å². The van der Waals surface area contributed by atoms with Gasteiger partial charge in [0.05, 0.1) is 35.5 Å². The van der Waals surface area contributed by atoms with E-state index in [0.717, 1.165) is 17.8 Å². The molecule has 0 spiro atoms. The number of dihydropyridines is 2. The third-order valence-electron chi connectivity index (χ3n) is 12.2. The molecule has 11 rings (SSSR count). The lowest BCUT2D eigenvalue weighted by molar-refractivity contribution is 0.444. The fourth-order valence-corrected chi connectivity index (χ4v) is 9.25. The average molecular weight is 726 g/mol. The Kier molecular flexibility index (Phi) is 7.99. The lowest BCUT2D eigenvalue weighted by atomic mass is 9.84. The smallest absolute Gasteiger partial charge is 0.0708 e. The van der Waals surface area contributed by atoms with Gasteiger partial charge in [0.2, 0.25) is 0 Å². The lowest BCUT2D eigenvalue weighted by Gasteiger charge is -2.36. The molecule has 5 nitrogen and oxygen atoms in total. The van der Waals surface area contributed by atoms with Gasteiger partial charge in [0.15, 0.2) is 0 Å². The zero-order chi connectivity index (χ0) is 37.0. The van der Waals surface area contributed by atoms with Gasteiger partial charge in [-0.25, -0.2) is 0 Å². The van der Waals surface area contributed by atoms with Crippen molar-refractivity contribution in [2.45, 2.75) is 42.7 Å². The number of benzene rings is 4. The molecule has 0 amide bonds. The van der Waals surface area contributed by atoms with Gasteiger partial charge in [-0.3, -0.25) is 0 Å². The van der Waals surface area contributed by atoms with Gasteiger partial charge < -0.3 is 26.6 Å². The van der Waals surface area contributed by atoms with Crippen LogP contribution in [0.3, 0.4) is 0 Å². The van der Waals surface area contributed by atoms with Crippen LogP contribution >= 0.6 is 0 Å². The second-order valence-electron chi connectivity index (χ2n) is 15.5. The zero-order valence-electron chi connectivity index (χ0n) is 31.0. The first kappa shape index (κ1) is 32.8. The van der Waals surface area contributed by atoms with Crippen molar-refractivity contribution < 1.29 is 0 Å². The number of hydrogen-bond acceptors (Lipinski definition) is 5. The van der Waals surface area contributed by atoms with Crippen LogP contribution in [0.1, 0.15) is 46.3 Å². The summed E-state index contributed by atoms with van der Waals surface area (Å²) in [5.74, 6) is 0. The molecule has 0 aromatic heterocycles. The van der Waals surface area contributed by atoms with Crippen molar-refractivity contribution in [2.24, 2.45) is 0 Å². The molecule has 5 N–H and O–H groups in total. The Labute approximate surface area is 328 Å². The summed E-state index contributed by atoms with van der Waals surface area (Å²) < 4.78 is 0. The van der Waals surface area contributed by atoms with E-state index in [2.05, 4.69) is 197 Å². The standard InChI is InChI=1S/C51H43N5/c1-2-8-32(9-3-1)43-26-21-35-15-16-36-22-27-45(56-51(36)50(35)55-43)42-24-23-39(40-10-4-5-11-41(40)42)37-17-13-33-19-25-44(53-48(33)30-37)38-18-14-34-20-28-47(54-49(34)31-38)46-12-6-7-29-52-46/h1-30,43,45-49,52-56H,31H2. The van der Waals surface area contributed by atoms with E-state index >= 15 is 0 Å². The summed E-state index contributed by atoms with van der Waals surface area (Å²) in [4.78, 5) is 0. The molecule has 5 aliphatic heterocycles. The highest BCUT2D eigenvalue weighted by Gasteiger charge is 2.30. The van der Waals surface area contributed by atoms with Crippen molar-refractivity contribution in [3.8, 4) is 0 Å². The number of allylic oxidation sites excluding steroid dienone is 9. The minimum Gasteiger partial charge on any atom is -0.383 e. The van der Waals surface area contributed by atoms with Gasteiger partial charge in [-0.15, -0.1) is 0 Å². The van der Waals surface area contributed by atoms with Crippen LogP contribution in [0.4, 0.5) is 11.4 Å². The molecule has 7 aliphatic rings. The van der Waals surface area contributed by atoms with Crippen LogP contribution in [0.5, 0.6) is 0 Å². The van der Waals surface area contributed by atoms with Crippen molar-refractivity contribution >= 4 is 39.9 Å². The number of nitrogens with one attached hydrogen (secondary N) is 5. The topological polar surface area (TPSA) is 60.1 Å². The van der Waals surface area contributed by atoms with Crippen molar-refractivity contribution in [1.29, 1.82) is 0 Å². The summed E-state index contributed by atoms with van der Waals surface area (Å²) in [7, 11) is 0. The van der Waals surface area contributed by atoms with Gasteiger partial charge in [0, 0.05) is 17.8 Å². The van der Waals surface area contributed by atoms with Crippen LogP contribution in [0.25, 0.3) is 28.5 Å². The van der Waals surface area contributed by atoms with Gasteiger partial charge in [0.25, 0.3) is 0 Å². The van der Waals surface area contributed by atoms with Crippen LogP contribution in [0, 0.1) is 0 Å². The molecular formula is C51H43N5. The largest absolute Gasteiger partial charge is 0.383 e. The van der Waals surface area contributed by atoms with Crippen molar-refractivity contribution in [3.05, 3.63) is 220 Å². The highest BCUT2D eigenvalue weighted by atomic mass is 15.0. The summed E-state index contributed by atoms with van der Waals surface area (Å²) in [6.07, 6.45) is 39.1. The number of hydrogen-bond donors (Lipinski definition) is 5. The van der Waals surface area contributed by atoms with E-state index in [4.69, 9.17) is 0 Å². The van der Waals surface area contributed by atoms with E-state index in [0.29, 0.717) is 0 Å². The predicted octanol–water partition coefficient (Wildman–Crippen LogP) is 10.1. The average Bonchev–Trinajstić information content (AvgIpc) is 3.28. The zero-order valence-corrected chi connectivity index (χ0v) is 31.0. The molecule has 6 unspecified atom stereocenters. The van der Waals surface area contributed by atoms with Crippen molar-refractivity contribution in [3.63, 3.8) is 0 Å². The summed E-state index contributed by atoms with van der Waals surface area (Å²) >= 11 is 0. The highest BCUT2D eigenvalue weighted by Crippen LogP contribution is 2.44. The Morgan fingerprint density at radius 2 is 1.32 bits per heavy atom. The maximum absolute atomic E-state index is 3.95. The Balaban J connectivity index is 0.844. The van der Waals surface area contributed by atoms with E-state index in [1.54, 1.807) is 0 Å². The Hall–Kier alpha value is -6.56. The van der Waals surface area contributed by atoms with Crippen LogP contribution in [0.2, 0.25) is 0 Å². The molecule has 0 radical (unpaired) electrons. The Bertz CT molecular complexity index is 2620. The fraction of sp³-hybridized carbons (Fsp3) is 0.137. The number of rotatable bonds is 5. The van der Waals surface area contributed by atoms with Gasteiger partial charge >= 0.3 is 0 Å². The minimum atomic E-state index is 0.0314. The normalized spacial score (nSPS) is 26.4. The van der Waals surface area contributed by atoms with E-state index in [-0.39, 0.29) is 36.3 Å². The molecule has 4 aromatic rings. The predicted molar refractivity (Wildman–Crippen MR) is 234 cm³/mol. The summed E-state index contributed by atoms with van der Waals surface area (Å²) in [6.45, 7) is 0.